The Labute approximate surface area is 197 Å². The maximum Gasteiger partial charge on any atom is 0.191 e. The van der Waals surface area contributed by atoms with E-state index in [4.69, 9.17) is 4.99 Å². The van der Waals surface area contributed by atoms with Gasteiger partial charge >= 0.3 is 0 Å². The molecule has 3 aromatic rings. The number of aromatic nitrogens is 2. The van der Waals surface area contributed by atoms with E-state index < -0.39 is 0 Å². The lowest BCUT2D eigenvalue weighted by Crippen LogP contribution is -2.38. The van der Waals surface area contributed by atoms with Crippen LogP contribution in [-0.4, -0.2) is 35.4 Å². The summed E-state index contributed by atoms with van der Waals surface area (Å²) in [5, 5.41) is 11.1. The van der Waals surface area contributed by atoms with Gasteiger partial charge in [0.1, 0.15) is 0 Å². The van der Waals surface area contributed by atoms with Gasteiger partial charge in [-0.05, 0) is 36.5 Å². The third-order valence-corrected chi connectivity index (χ3v) is 4.87. The highest BCUT2D eigenvalue weighted by atomic mass is 127. The van der Waals surface area contributed by atoms with Gasteiger partial charge in [-0.3, -0.25) is 9.67 Å². The molecule has 0 atom stereocenters. The highest BCUT2D eigenvalue weighted by Gasteiger charge is 2.13. The summed E-state index contributed by atoms with van der Waals surface area (Å²) in [5.74, 6) is 1.11. The predicted octanol–water partition coefficient (Wildman–Crippen LogP) is 4.36. The maximum atomic E-state index is 4.89. The number of halogens is 1. The Morgan fingerprint density at radius 2 is 1.63 bits per heavy atom. The van der Waals surface area contributed by atoms with E-state index in [9.17, 15) is 0 Å². The van der Waals surface area contributed by atoms with Gasteiger partial charge in [0.25, 0.3) is 0 Å². The van der Waals surface area contributed by atoms with E-state index in [0.29, 0.717) is 6.54 Å². The van der Waals surface area contributed by atoms with Crippen LogP contribution >= 0.6 is 24.0 Å². The van der Waals surface area contributed by atoms with Crippen molar-refractivity contribution in [2.75, 3.05) is 19.6 Å². The van der Waals surface area contributed by atoms with Crippen molar-refractivity contribution in [1.82, 2.24) is 20.4 Å². The number of nitrogens with one attached hydrogen (secondary N) is 2. The summed E-state index contributed by atoms with van der Waals surface area (Å²) in [5.41, 5.74) is 3.84. The van der Waals surface area contributed by atoms with Gasteiger partial charge in [-0.15, -0.1) is 24.0 Å². The Morgan fingerprint density at radius 3 is 2.17 bits per heavy atom. The summed E-state index contributed by atoms with van der Waals surface area (Å²) in [4.78, 5) is 4.89. The van der Waals surface area contributed by atoms with Crippen LogP contribution in [0.25, 0.3) is 0 Å². The van der Waals surface area contributed by atoms with Crippen LogP contribution in [0.5, 0.6) is 0 Å². The second kappa shape index (κ2) is 13.1. The highest BCUT2D eigenvalue weighted by Crippen LogP contribution is 2.24. The van der Waals surface area contributed by atoms with Gasteiger partial charge in [-0.2, -0.15) is 5.10 Å². The minimum absolute atomic E-state index is 0. The van der Waals surface area contributed by atoms with Crippen LogP contribution in [0, 0.1) is 0 Å². The van der Waals surface area contributed by atoms with Gasteiger partial charge in [-0.1, -0.05) is 60.7 Å². The van der Waals surface area contributed by atoms with E-state index in [-0.39, 0.29) is 29.9 Å². The first-order chi connectivity index (χ1) is 14.3. The summed E-state index contributed by atoms with van der Waals surface area (Å²) in [6, 6.07) is 21.2. The molecule has 1 heterocycles. The molecule has 1 aromatic heterocycles. The molecule has 0 aliphatic rings. The average molecular weight is 517 g/mol. The molecule has 0 saturated carbocycles. The molecule has 0 fully saturated rings. The first-order valence-electron chi connectivity index (χ1n) is 10.4. The molecular weight excluding hydrogens is 485 g/mol. The van der Waals surface area contributed by atoms with Crippen LogP contribution in [0.3, 0.4) is 0 Å². The zero-order chi connectivity index (χ0) is 20.3. The fourth-order valence-electron chi connectivity index (χ4n) is 3.40. The number of aryl methyl sites for hydroxylation is 2. The van der Waals surface area contributed by atoms with Crippen molar-refractivity contribution in [2.45, 2.75) is 25.7 Å². The minimum Gasteiger partial charge on any atom is -0.357 e. The molecule has 0 amide bonds. The third kappa shape index (κ3) is 7.48. The molecule has 0 radical (unpaired) electrons. The van der Waals surface area contributed by atoms with Crippen molar-refractivity contribution in [3.63, 3.8) is 0 Å². The molecular formula is C24H32IN5. The summed E-state index contributed by atoms with van der Waals surface area (Å²) >= 11 is 0. The van der Waals surface area contributed by atoms with Gasteiger partial charge in [-0.25, -0.2) is 0 Å². The Balaban J connectivity index is 0.00000320. The number of rotatable bonds is 9. The molecule has 3 rings (SSSR count). The summed E-state index contributed by atoms with van der Waals surface area (Å²) in [6.45, 7) is 4.52. The van der Waals surface area contributed by atoms with Crippen LogP contribution in [-0.2, 0) is 13.5 Å². The summed E-state index contributed by atoms with van der Waals surface area (Å²) < 4.78 is 1.85. The molecule has 2 aromatic carbocycles. The first kappa shape index (κ1) is 23.9. The van der Waals surface area contributed by atoms with Gasteiger partial charge in [0, 0.05) is 32.3 Å². The second-order valence-electron chi connectivity index (χ2n) is 7.15. The topological polar surface area (TPSA) is 54.2 Å². The molecule has 30 heavy (non-hydrogen) atoms. The molecule has 5 nitrogen and oxygen atoms in total. The Hall–Kier alpha value is -2.35. The molecule has 160 valence electrons. The molecule has 0 aliphatic heterocycles. The monoisotopic (exact) mass is 517 g/mol. The SMILES string of the molecule is CCNC(=NCC(c1ccccc1)c1ccccc1)NCCCc1cnn(C)c1.I. The van der Waals surface area contributed by atoms with Gasteiger partial charge in [0.05, 0.1) is 12.7 Å². The van der Waals surface area contributed by atoms with Crippen molar-refractivity contribution in [3.8, 4) is 0 Å². The quantitative estimate of drug-likeness (QED) is 0.192. The van der Waals surface area contributed by atoms with Gasteiger partial charge in [0.15, 0.2) is 5.96 Å². The standard InChI is InChI=1S/C24H31N5.HI/c1-3-25-24(26-16-10-11-20-17-28-29(2)19-20)27-18-23(21-12-6-4-7-13-21)22-14-8-5-9-15-22;/h4-9,12-15,17,19,23H,3,10-11,16,18H2,1-2H3,(H2,25,26,27);1H. The lowest BCUT2D eigenvalue weighted by Gasteiger charge is -2.18. The van der Waals surface area contributed by atoms with E-state index >= 15 is 0 Å². The lowest BCUT2D eigenvalue weighted by atomic mass is 9.91. The van der Waals surface area contributed by atoms with Crippen LogP contribution in [0.1, 0.15) is 36.0 Å². The van der Waals surface area contributed by atoms with Gasteiger partial charge < -0.3 is 10.6 Å². The van der Waals surface area contributed by atoms with E-state index in [1.54, 1.807) is 0 Å². The molecule has 0 unspecified atom stereocenters. The predicted molar refractivity (Wildman–Crippen MR) is 136 cm³/mol. The molecule has 0 spiro atoms. The van der Waals surface area contributed by atoms with Crippen LogP contribution < -0.4 is 10.6 Å². The van der Waals surface area contributed by atoms with Crippen LogP contribution in [0.4, 0.5) is 0 Å². The Morgan fingerprint density at radius 1 is 1.00 bits per heavy atom. The fraction of sp³-hybridized carbons (Fsp3) is 0.333. The van der Waals surface area contributed by atoms with Crippen molar-refractivity contribution in [2.24, 2.45) is 12.0 Å². The molecule has 0 bridgehead atoms. The number of nitrogens with zero attached hydrogens (tertiary/aromatic N) is 3. The van der Waals surface area contributed by atoms with E-state index in [1.807, 2.05) is 17.9 Å². The van der Waals surface area contributed by atoms with Crippen molar-refractivity contribution < 1.29 is 0 Å². The van der Waals surface area contributed by atoms with Crippen molar-refractivity contribution >= 4 is 29.9 Å². The third-order valence-electron chi connectivity index (χ3n) is 4.87. The fourth-order valence-corrected chi connectivity index (χ4v) is 3.40. The van der Waals surface area contributed by atoms with Crippen LogP contribution in [0.15, 0.2) is 78.0 Å². The minimum atomic E-state index is 0. The zero-order valence-corrected chi connectivity index (χ0v) is 20.1. The highest BCUT2D eigenvalue weighted by molar-refractivity contribution is 14.0. The summed E-state index contributed by atoms with van der Waals surface area (Å²) in [7, 11) is 1.95. The Bertz CT molecular complexity index is 837. The average Bonchev–Trinajstić information content (AvgIpc) is 3.18. The largest absolute Gasteiger partial charge is 0.357 e. The number of hydrogen-bond acceptors (Lipinski definition) is 2. The number of hydrogen-bond donors (Lipinski definition) is 2. The molecule has 0 saturated heterocycles. The van der Waals surface area contributed by atoms with Crippen molar-refractivity contribution in [3.05, 3.63) is 89.7 Å². The first-order valence-corrected chi connectivity index (χ1v) is 10.4. The second-order valence-corrected chi connectivity index (χ2v) is 7.15. The lowest BCUT2D eigenvalue weighted by molar-refractivity contribution is 0.732. The van der Waals surface area contributed by atoms with Crippen LogP contribution in [0.2, 0.25) is 0 Å². The van der Waals surface area contributed by atoms with E-state index in [2.05, 4.69) is 89.5 Å². The zero-order valence-electron chi connectivity index (χ0n) is 17.8. The summed E-state index contributed by atoms with van der Waals surface area (Å²) in [6.07, 6.45) is 6.06. The smallest absolute Gasteiger partial charge is 0.191 e. The Kier molecular flexibility index (Phi) is 10.4. The molecule has 6 heteroatoms. The maximum absolute atomic E-state index is 4.89. The molecule has 2 N–H and O–H groups in total. The van der Waals surface area contributed by atoms with Crippen molar-refractivity contribution in [1.29, 1.82) is 0 Å². The number of guanidine groups is 1. The van der Waals surface area contributed by atoms with E-state index in [0.717, 1.165) is 31.9 Å². The normalized spacial score (nSPS) is 11.2. The number of benzene rings is 2. The van der Waals surface area contributed by atoms with E-state index in [1.165, 1.54) is 16.7 Å². The van der Waals surface area contributed by atoms with Gasteiger partial charge in [0.2, 0.25) is 0 Å². The number of aliphatic imine (C=N–C) groups is 1. The molecule has 0 aliphatic carbocycles.